The van der Waals surface area contributed by atoms with E-state index >= 15 is 0 Å². The minimum absolute atomic E-state index is 0.170. The molecule has 0 aliphatic heterocycles. The Balaban J connectivity index is 1.69. The maximum absolute atomic E-state index is 12.8. The van der Waals surface area contributed by atoms with Crippen LogP contribution in [0, 0.1) is 0 Å². The standard InChI is InChI=1S/C21H15ClN2O2/c22-15-6-3-5-14(11-15)13-23-21(25)17-12-19(20-9-4-10-26-20)24-18-8-2-1-7-16(17)18/h1-12H,13H2,(H,23,25). The predicted octanol–water partition coefficient (Wildman–Crippen LogP) is 5.08. The Morgan fingerprint density at radius 2 is 1.92 bits per heavy atom. The summed E-state index contributed by atoms with van der Waals surface area (Å²) in [5.74, 6) is 0.455. The summed E-state index contributed by atoms with van der Waals surface area (Å²) in [5.41, 5.74) is 2.87. The van der Waals surface area contributed by atoms with Crippen molar-refractivity contribution >= 4 is 28.4 Å². The second-order valence-corrected chi connectivity index (χ2v) is 6.30. The number of halogens is 1. The number of pyridine rings is 1. The van der Waals surface area contributed by atoms with Crippen LogP contribution in [0.4, 0.5) is 0 Å². The highest BCUT2D eigenvalue weighted by Gasteiger charge is 2.14. The lowest BCUT2D eigenvalue weighted by Crippen LogP contribution is -2.23. The van der Waals surface area contributed by atoms with E-state index in [9.17, 15) is 4.79 Å². The maximum atomic E-state index is 12.8. The molecule has 128 valence electrons. The van der Waals surface area contributed by atoms with Gasteiger partial charge < -0.3 is 9.73 Å². The normalized spacial score (nSPS) is 10.8. The Hall–Kier alpha value is -3.11. The summed E-state index contributed by atoms with van der Waals surface area (Å²) in [6.45, 7) is 0.395. The van der Waals surface area contributed by atoms with Crippen LogP contribution in [0.1, 0.15) is 15.9 Å². The van der Waals surface area contributed by atoms with Crippen LogP contribution in [0.25, 0.3) is 22.4 Å². The Morgan fingerprint density at radius 1 is 1.04 bits per heavy atom. The number of hydrogen-bond donors (Lipinski definition) is 1. The first-order valence-electron chi connectivity index (χ1n) is 8.17. The van der Waals surface area contributed by atoms with Gasteiger partial charge in [0, 0.05) is 17.0 Å². The zero-order chi connectivity index (χ0) is 17.9. The smallest absolute Gasteiger partial charge is 0.252 e. The van der Waals surface area contributed by atoms with E-state index in [4.69, 9.17) is 16.0 Å². The molecule has 5 heteroatoms. The molecule has 0 saturated heterocycles. The summed E-state index contributed by atoms with van der Waals surface area (Å²) >= 11 is 6.00. The average Bonchev–Trinajstić information content (AvgIpc) is 3.20. The number of nitrogens with zero attached hydrogens (tertiary/aromatic N) is 1. The summed E-state index contributed by atoms with van der Waals surface area (Å²) in [5, 5.41) is 4.39. The second kappa shape index (κ2) is 7.02. The predicted molar refractivity (Wildman–Crippen MR) is 102 cm³/mol. The van der Waals surface area contributed by atoms with Crippen molar-refractivity contribution in [1.82, 2.24) is 10.3 Å². The van der Waals surface area contributed by atoms with Crippen molar-refractivity contribution in [2.75, 3.05) is 0 Å². The molecule has 4 nitrogen and oxygen atoms in total. The van der Waals surface area contributed by atoms with E-state index in [1.807, 2.05) is 48.5 Å². The maximum Gasteiger partial charge on any atom is 0.252 e. The van der Waals surface area contributed by atoms with E-state index < -0.39 is 0 Å². The number of para-hydroxylation sites is 1. The SMILES string of the molecule is O=C(NCc1cccc(Cl)c1)c1cc(-c2ccco2)nc2ccccc12. The van der Waals surface area contributed by atoms with Crippen molar-refractivity contribution in [2.24, 2.45) is 0 Å². The molecule has 0 atom stereocenters. The monoisotopic (exact) mass is 362 g/mol. The van der Waals surface area contributed by atoms with Gasteiger partial charge in [0.05, 0.1) is 17.3 Å². The molecule has 2 aromatic heterocycles. The van der Waals surface area contributed by atoms with Crippen LogP contribution < -0.4 is 5.32 Å². The Bertz CT molecular complexity index is 1070. The third-order valence-corrected chi connectivity index (χ3v) is 4.31. The number of aromatic nitrogens is 1. The molecular weight excluding hydrogens is 348 g/mol. The average molecular weight is 363 g/mol. The highest BCUT2D eigenvalue weighted by atomic mass is 35.5. The van der Waals surface area contributed by atoms with Gasteiger partial charge in [-0.15, -0.1) is 0 Å². The van der Waals surface area contributed by atoms with Crippen LogP contribution >= 0.6 is 11.6 Å². The molecule has 0 fully saturated rings. The van der Waals surface area contributed by atoms with Gasteiger partial charge in [0.2, 0.25) is 0 Å². The third kappa shape index (κ3) is 3.32. The van der Waals surface area contributed by atoms with Crippen LogP contribution in [0.15, 0.2) is 77.4 Å². The highest BCUT2D eigenvalue weighted by molar-refractivity contribution is 6.30. The molecule has 0 unspecified atom stereocenters. The number of carbonyl (C=O) groups is 1. The van der Waals surface area contributed by atoms with Crippen LogP contribution in [-0.4, -0.2) is 10.9 Å². The number of nitrogens with one attached hydrogen (secondary N) is 1. The van der Waals surface area contributed by atoms with Gasteiger partial charge in [0.15, 0.2) is 5.76 Å². The van der Waals surface area contributed by atoms with Gasteiger partial charge in [-0.3, -0.25) is 4.79 Å². The Labute approximate surface area is 155 Å². The van der Waals surface area contributed by atoms with Gasteiger partial charge in [0.25, 0.3) is 5.91 Å². The molecule has 0 aliphatic carbocycles. The quantitative estimate of drug-likeness (QED) is 0.551. The number of carbonyl (C=O) groups excluding carboxylic acids is 1. The summed E-state index contributed by atoms with van der Waals surface area (Å²) in [6.07, 6.45) is 1.59. The number of amides is 1. The summed E-state index contributed by atoms with van der Waals surface area (Å²) in [6, 6.07) is 20.4. The minimum atomic E-state index is -0.170. The Kier molecular flexibility index (Phi) is 4.42. The van der Waals surface area contributed by atoms with Crippen molar-refractivity contribution in [3.63, 3.8) is 0 Å². The van der Waals surface area contributed by atoms with Crippen LogP contribution in [0.2, 0.25) is 5.02 Å². The van der Waals surface area contributed by atoms with Crippen molar-refractivity contribution in [3.05, 3.63) is 89.1 Å². The lowest BCUT2D eigenvalue weighted by atomic mass is 10.1. The van der Waals surface area contributed by atoms with Crippen LogP contribution in [-0.2, 0) is 6.54 Å². The van der Waals surface area contributed by atoms with Crippen molar-refractivity contribution in [3.8, 4) is 11.5 Å². The molecule has 4 rings (SSSR count). The lowest BCUT2D eigenvalue weighted by molar-refractivity contribution is 0.0952. The highest BCUT2D eigenvalue weighted by Crippen LogP contribution is 2.25. The van der Waals surface area contributed by atoms with E-state index in [-0.39, 0.29) is 5.91 Å². The van der Waals surface area contributed by atoms with Crippen LogP contribution in [0.3, 0.4) is 0 Å². The molecule has 1 N–H and O–H groups in total. The zero-order valence-corrected chi connectivity index (χ0v) is 14.5. The molecule has 26 heavy (non-hydrogen) atoms. The molecule has 2 heterocycles. The van der Waals surface area contributed by atoms with Gasteiger partial charge in [0.1, 0.15) is 5.69 Å². The van der Waals surface area contributed by atoms with Crippen LogP contribution in [0.5, 0.6) is 0 Å². The molecular formula is C21H15ClN2O2. The van der Waals surface area contributed by atoms with Crippen molar-refractivity contribution in [2.45, 2.75) is 6.54 Å². The summed E-state index contributed by atoms with van der Waals surface area (Å²) < 4.78 is 5.44. The van der Waals surface area contributed by atoms with Gasteiger partial charge >= 0.3 is 0 Å². The first-order chi connectivity index (χ1) is 12.7. The van der Waals surface area contributed by atoms with Gasteiger partial charge in [-0.2, -0.15) is 0 Å². The van der Waals surface area contributed by atoms with E-state index in [0.717, 1.165) is 16.5 Å². The molecule has 1 amide bonds. The zero-order valence-electron chi connectivity index (χ0n) is 13.8. The van der Waals surface area contributed by atoms with E-state index in [1.165, 1.54) is 0 Å². The molecule has 0 spiro atoms. The second-order valence-electron chi connectivity index (χ2n) is 5.86. The fraction of sp³-hybridized carbons (Fsp3) is 0.0476. The molecule has 0 aliphatic rings. The molecule has 0 saturated carbocycles. The van der Waals surface area contributed by atoms with Crippen molar-refractivity contribution in [1.29, 1.82) is 0 Å². The number of rotatable bonds is 4. The fourth-order valence-corrected chi connectivity index (χ4v) is 3.05. The lowest BCUT2D eigenvalue weighted by Gasteiger charge is -2.10. The van der Waals surface area contributed by atoms with Gasteiger partial charge in [-0.05, 0) is 42.0 Å². The first-order valence-corrected chi connectivity index (χ1v) is 8.55. The number of fused-ring (bicyclic) bond motifs is 1. The Morgan fingerprint density at radius 3 is 2.73 bits per heavy atom. The summed E-state index contributed by atoms with van der Waals surface area (Å²) in [7, 11) is 0. The molecule has 2 aromatic carbocycles. The van der Waals surface area contributed by atoms with E-state index in [2.05, 4.69) is 10.3 Å². The van der Waals surface area contributed by atoms with Gasteiger partial charge in [-0.25, -0.2) is 4.98 Å². The third-order valence-electron chi connectivity index (χ3n) is 4.08. The number of benzene rings is 2. The summed E-state index contributed by atoms with van der Waals surface area (Å²) in [4.78, 5) is 17.4. The largest absolute Gasteiger partial charge is 0.463 e. The van der Waals surface area contributed by atoms with E-state index in [1.54, 1.807) is 24.5 Å². The molecule has 0 radical (unpaired) electrons. The number of hydrogen-bond acceptors (Lipinski definition) is 3. The van der Waals surface area contributed by atoms with Gasteiger partial charge in [-0.1, -0.05) is 41.9 Å². The van der Waals surface area contributed by atoms with Crippen molar-refractivity contribution < 1.29 is 9.21 Å². The minimum Gasteiger partial charge on any atom is -0.463 e. The molecule has 0 bridgehead atoms. The fourth-order valence-electron chi connectivity index (χ4n) is 2.84. The number of furan rings is 1. The van der Waals surface area contributed by atoms with E-state index in [0.29, 0.717) is 28.6 Å². The first kappa shape index (κ1) is 16.4. The molecule has 4 aromatic rings. The topological polar surface area (TPSA) is 55.1 Å².